The molecule has 2 N–H and O–H groups in total. The molecule has 0 bridgehead atoms. The molecule has 0 spiro atoms. The molecule has 7 nitrogen and oxygen atoms in total. The summed E-state index contributed by atoms with van der Waals surface area (Å²) in [6.45, 7) is 2.42. The summed E-state index contributed by atoms with van der Waals surface area (Å²) in [5.74, 6) is 0.179. The molecular weight excluding hydrogens is 418 g/mol. The van der Waals surface area contributed by atoms with E-state index >= 15 is 0 Å². The standard InChI is InChI=1S/C23H23NO6S/c1-17-5-4-7-20(15-17)24(31(27)28)19-9-11-21(12-10-19)29-13-14-30-22-8-3-2-6-18(22)16-23(25)26/h2-12,15H,13-14,16H2,1H3,(H,25,26)(H,27,28). The lowest BCUT2D eigenvalue weighted by Crippen LogP contribution is -2.19. The predicted molar refractivity (Wildman–Crippen MR) is 119 cm³/mol. The van der Waals surface area contributed by atoms with Gasteiger partial charge in [0.2, 0.25) is 0 Å². The van der Waals surface area contributed by atoms with E-state index < -0.39 is 17.2 Å². The van der Waals surface area contributed by atoms with E-state index in [9.17, 15) is 13.6 Å². The first kappa shape index (κ1) is 22.3. The van der Waals surface area contributed by atoms with Crippen molar-refractivity contribution in [3.8, 4) is 11.5 Å². The van der Waals surface area contributed by atoms with Crippen LogP contribution in [0.5, 0.6) is 11.5 Å². The monoisotopic (exact) mass is 441 g/mol. The maximum absolute atomic E-state index is 11.9. The number of benzene rings is 3. The Kier molecular flexibility index (Phi) is 7.64. The molecule has 3 rings (SSSR count). The fourth-order valence-electron chi connectivity index (χ4n) is 3.03. The van der Waals surface area contributed by atoms with E-state index in [0.717, 1.165) is 5.56 Å². The molecule has 1 unspecified atom stereocenters. The number of rotatable bonds is 10. The van der Waals surface area contributed by atoms with E-state index in [4.69, 9.17) is 14.6 Å². The van der Waals surface area contributed by atoms with Crippen LogP contribution in [0, 0.1) is 6.92 Å². The van der Waals surface area contributed by atoms with Crippen LogP contribution in [0.25, 0.3) is 0 Å². The van der Waals surface area contributed by atoms with Gasteiger partial charge in [-0.1, -0.05) is 30.3 Å². The average Bonchev–Trinajstić information content (AvgIpc) is 2.73. The molecule has 0 saturated carbocycles. The quantitative estimate of drug-likeness (QED) is 0.359. The van der Waals surface area contributed by atoms with E-state index in [1.165, 1.54) is 4.31 Å². The van der Waals surface area contributed by atoms with Crippen molar-refractivity contribution in [2.75, 3.05) is 17.5 Å². The van der Waals surface area contributed by atoms with Crippen molar-refractivity contribution in [2.45, 2.75) is 13.3 Å². The SMILES string of the molecule is Cc1cccc(N(c2ccc(OCCOc3ccccc3CC(=O)O)cc2)S(=O)O)c1. The molecule has 1 atom stereocenters. The molecule has 0 aliphatic heterocycles. The third-order valence-electron chi connectivity index (χ3n) is 4.39. The van der Waals surface area contributed by atoms with Gasteiger partial charge in [-0.3, -0.25) is 9.35 Å². The Balaban J connectivity index is 1.59. The molecule has 0 aliphatic carbocycles. The van der Waals surface area contributed by atoms with Crippen LogP contribution in [-0.4, -0.2) is 33.1 Å². The molecule has 0 radical (unpaired) electrons. The number of nitrogens with zero attached hydrogens (tertiary/aromatic N) is 1. The van der Waals surface area contributed by atoms with Crippen LogP contribution in [0.1, 0.15) is 11.1 Å². The van der Waals surface area contributed by atoms with E-state index in [1.54, 1.807) is 54.6 Å². The molecule has 0 amide bonds. The van der Waals surface area contributed by atoms with E-state index in [-0.39, 0.29) is 19.6 Å². The first-order chi connectivity index (χ1) is 14.9. The van der Waals surface area contributed by atoms with Crippen LogP contribution in [0.15, 0.2) is 72.8 Å². The lowest BCUT2D eigenvalue weighted by Gasteiger charge is -2.20. The normalized spacial score (nSPS) is 11.5. The number of aliphatic carboxylic acids is 1. The highest BCUT2D eigenvalue weighted by Gasteiger charge is 2.15. The number of aryl methyl sites for hydroxylation is 1. The van der Waals surface area contributed by atoms with Gasteiger partial charge < -0.3 is 14.6 Å². The smallest absolute Gasteiger partial charge is 0.307 e. The molecule has 3 aromatic carbocycles. The highest BCUT2D eigenvalue weighted by molar-refractivity contribution is 7.81. The van der Waals surface area contributed by atoms with Crippen LogP contribution in [0.4, 0.5) is 11.4 Å². The summed E-state index contributed by atoms with van der Waals surface area (Å²) < 4.78 is 34.3. The summed E-state index contributed by atoms with van der Waals surface area (Å²) in [5.41, 5.74) is 2.76. The van der Waals surface area contributed by atoms with E-state index in [0.29, 0.717) is 28.4 Å². The summed E-state index contributed by atoms with van der Waals surface area (Å²) >= 11 is -2.22. The number of carboxylic acids is 1. The fraction of sp³-hybridized carbons (Fsp3) is 0.174. The Labute approximate surface area is 183 Å². The van der Waals surface area contributed by atoms with Gasteiger partial charge in [0, 0.05) is 5.56 Å². The van der Waals surface area contributed by atoms with E-state index in [1.807, 2.05) is 25.1 Å². The summed E-state index contributed by atoms with van der Waals surface area (Å²) in [7, 11) is 0. The van der Waals surface area contributed by atoms with Gasteiger partial charge in [-0.15, -0.1) is 0 Å². The number of carbonyl (C=O) groups is 1. The van der Waals surface area contributed by atoms with Crippen LogP contribution in [0.3, 0.4) is 0 Å². The minimum atomic E-state index is -2.22. The number of hydrogen-bond acceptors (Lipinski definition) is 4. The molecule has 162 valence electrons. The second-order valence-corrected chi connectivity index (χ2v) is 7.56. The maximum Gasteiger partial charge on any atom is 0.307 e. The molecule has 8 heteroatoms. The van der Waals surface area contributed by atoms with Crippen LogP contribution < -0.4 is 13.8 Å². The number of hydrogen-bond donors (Lipinski definition) is 2. The molecule has 0 aliphatic rings. The van der Waals surface area contributed by atoms with Crippen molar-refractivity contribution in [3.05, 3.63) is 83.9 Å². The number of para-hydroxylation sites is 1. The van der Waals surface area contributed by atoms with Crippen LogP contribution in [0.2, 0.25) is 0 Å². The number of anilines is 2. The zero-order chi connectivity index (χ0) is 22.2. The Morgan fingerprint density at radius 3 is 2.32 bits per heavy atom. The van der Waals surface area contributed by atoms with Gasteiger partial charge in [-0.05, 0) is 55.0 Å². The van der Waals surface area contributed by atoms with E-state index in [2.05, 4.69) is 0 Å². The lowest BCUT2D eigenvalue weighted by molar-refractivity contribution is -0.136. The Hall–Kier alpha value is -3.36. The number of carboxylic acid groups (broad SMARTS) is 1. The van der Waals surface area contributed by atoms with Crippen molar-refractivity contribution < 1.29 is 28.1 Å². The first-order valence-corrected chi connectivity index (χ1v) is 10.6. The molecule has 0 heterocycles. The van der Waals surface area contributed by atoms with Gasteiger partial charge in [-0.25, -0.2) is 8.51 Å². The minimum absolute atomic E-state index is 0.109. The van der Waals surface area contributed by atoms with Crippen molar-refractivity contribution in [1.29, 1.82) is 0 Å². The third-order valence-corrected chi connectivity index (χ3v) is 5.12. The van der Waals surface area contributed by atoms with Crippen LogP contribution in [-0.2, 0) is 22.5 Å². The van der Waals surface area contributed by atoms with Gasteiger partial charge in [0.1, 0.15) is 24.7 Å². The van der Waals surface area contributed by atoms with Gasteiger partial charge in [0.15, 0.2) is 0 Å². The molecule has 0 fully saturated rings. The Morgan fingerprint density at radius 2 is 1.65 bits per heavy atom. The van der Waals surface area contributed by atoms with Gasteiger partial charge in [0.05, 0.1) is 17.8 Å². The Morgan fingerprint density at radius 1 is 0.935 bits per heavy atom. The average molecular weight is 442 g/mol. The summed E-state index contributed by atoms with van der Waals surface area (Å²) in [4.78, 5) is 10.9. The topological polar surface area (TPSA) is 96.3 Å². The molecule has 0 saturated heterocycles. The molecule has 31 heavy (non-hydrogen) atoms. The second-order valence-electron chi connectivity index (χ2n) is 6.73. The zero-order valence-corrected chi connectivity index (χ0v) is 17.7. The summed E-state index contributed by atoms with van der Waals surface area (Å²) in [6, 6.07) is 21.2. The zero-order valence-electron chi connectivity index (χ0n) is 16.9. The largest absolute Gasteiger partial charge is 0.490 e. The minimum Gasteiger partial charge on any atom is -0.490 e. The fourth-order valence-corrected chi connectivity index (χ4v) is 3.62. The Bertz CT molecular complexity index is 1050. The van der Waals surface area contributed by atoms with Gasteiger partial charge in [0.25, 0.3) is 11.3 Å². The maximum atomic E-state index is 11.9. The second kappa shape index (κ2) is 10.6. The van der Waals surface area contributed by atoms with Crippen LogP contribution >= 0.6 is 0 Å². The van der Waals surface area contributed by atoms with Crippen molar-refractivity contribution in [2.24, 2.45) is 0 Å². The summed E-state index contributed by atoms with van der Waals surface area (Å²) in [6.07, 6.45) is -0.109. The van der Waals surface area contributed by atoms with Crippen molar-refractivity contribution >= 4 is 28.6 Å². The highest BCUT2D eigenvalue weighted by Crippen LogP contribution is 2.29. The van der Waals surface area contributed by atoms with Crippen molar-refractivity contribution in [1.82, 2.24) is 0 Å². The van der Waals surface area contributed by atoms with Gasteiger partial charge in [-0.2, -0.15) is 0 Å². The van der Waals surface area contributed by atoms with Gasteiger partial charge >= 0.3 is 5.97 Å². The summed E-state index contributed by atoms with van der Waals surface area (Å²) in [5, 5.41) is 8.98. The molecule has 0 aromatic heterocycles. The molecule has 3 aromatic rings. The third kappa shape index (κ3) is 6.31. The number of ether oxygens (including phenoxy) is 2. The predicted octanol–water partition coefficient (Wildman–Crippen LogP) is 4.35. The highest BCUT2D eigenvalue weighted by atomic mass is 32.2. The lowest BCUT2D eigenvalue weighted by atomic mass is 10.1. The molecular formula is C23H23NO6S. The first-order valence-electron chi connectivity index (χ1n) is 9.57. The van der Waals surface area contributed by atoms with Crippen molar-refractivity contribution in [3.63, 3.8) is 0 Å².